The number of aliphatic carboxylic acids is 1. The van der Waals surface area contributed by atoms with Crippen molar-refractivity contribution >= 4 is 5.97 Å². The van der Waals surface area contributed by atoms with Gasteiger partial charge in [0.05, 0.1) is 13.2 Å². The smallest absolute Gasteiger partial charge is 0.327 e. The summed E-state index contributed by atoms with van der Waals surface area (Å²) in [5.41, 5.74) is 0. The second kappa shape index (κ2) is 15.9. The molecule has 0 aliphatic carbocycles. The number of carboxylic acid groups (broad SMARTS) is 1. The number of para-hydroxylation sites is 1. The first kappa shape index (κ1) is 19.2. The van der Waals surface area contributed by atoms with Gasteiger partial charge in [0.25, 0.3) is 0 Å². The van der Waals surface area contributed by atoms with Crippen molar-refractivity contribution in [3.05, 3.63) is 55.6 Å². The molecule has 0 aliphatic heterocycles. The van der Waals surface area contributed by atoms with E-state index in [-0.39, 0.29) is 13.2 Å². The molecule has 0 amide bonds. The first-order valence-electron chi connectivity index (χ1n) is 5.48. The van der Waals surface area contributed by atoms with Crippen LogP contribution in [0.15, 0.2) is 55.6 Å². The maximum absolute atomic E-state index is 9.25. The van der Waals surface area contributed by atoms with Crippen LogP contribution in [0.5, 0.6) is 5.75 Å². The fraction of sp³-hybridized carbons (Fsp3) is 0.214. The molecule has 0 unspecified atom stereocenters. The third kappa shape index (κ3) is 18.5. The van der Waals surface area contributed by atoms with Gasteiger partial charge in [-0.2, -0.15) is 0 Å². The molecule has 3 N–H and O–H groups in total. The van der Waals surface area contributed by atoms with Crippen molar-refractivity contribution in [3.8, 4) is 5.75 Å². The van der Waals surface area contributed by atoms with E-state index >= 15 is 0 Å². The Morgan fingerprint density at radius 2 is 1.63 bits per heavy atom. The van der Waals surface area contributed by atoms with E-state index in [1.807, 2.05) is 30.3 Å². The van der Waals surface area contributed by atoms with Crippen LogP contribution in [0.25, 0.3) is 0 Å². The molecule has 0 aromatic heterocycles. The van der Waals surface area contributed by atoms with Gasteiger partial charge in [-0.25, -0.2) is 4.79 Å². The molecule has 1 aromatic rings. The van der Waals surface area contributed by atoms with Crippen LogP contribution in [-0.4, -0.2) is 41.1 Å². The van der Waals surface area contributed by atoms with Crippen molar-refractivity contribution in [2.75, 3.05) is 19.8 Å². The Balaban J connectivity index is 0. The highest BCUT2D eigenvalue weighted by atomic mass is 16.5. The standard InChI is InChI=1S/C9H10O.C3H4O2.C2H6O2/c1-2-8-10-9-6-4-3-5-7-9;1-2-3(4)5;3-1-2-4/h2-7H,1,8H2;2H,1H2,(H,4,5);3-4H,1-2H2. The van der Waals surface area contributed by atoms with Crippen molar-refractivity contribution in [2.24, 2.45) is 0 Å². The monoisotopic (exact) mass is 268 g/mol. The van der Waals surface area contributed by atoms with Gasteiger partial charge in [-0.15, -0.1) is 0 Å². The van der Waals surface area contributed by atoms with Crippen LogP contribution in [-0.2, 0) is 4.79 Å². The number of aliphatic hydroxyl groups is 2. The Morgan fingerprint density at radius 1 is 1.16 bits per heavy atom. The largest absolute Gasteiger partial charge is 0.490 e. The Morgan fingerprint density at radius 3 is 1.95 bits per heavy atom. The number of rotatable bonds is 5. The minimum absolute atomic E-state index is 0.125. The molecule has 1 rings (SSSR count). The number of aliphatic hydroxyl groups excluding tert-OH is 2. The first-order valence-corrected chi connectivity index (χ1v) is 5.48. The summed E-state index contributed by atoms with van der Waals surface area (Å²) < 4.78 is 5.24. The lowest BCUT2D eigenvalue weighted by atomic mass is 10.3. The molecule has 0 heterocycles. The zero-order chi connectivity index (χ0) is 14.9. The second-order valence-corrected chi connectivity index (χ2v) is 2.90. The molecule has 0 spiro atoms. The van der Waals surface area contributed by atoms with Crippen LogP contribution in [0.3, 0.4) is 0 Å². The first-order chi connectivity index (χ1) is 9.12. The molecule has 19 heavy (non-hydrogen) atoms. The topological polar surface area (TPSA) is 87.0 Å². The molecule has 106 valence electrons. The molecule has 0 saturated heterocycles. The Bertz CT molecular complexity index is 333. The Kier molecular flexibility index (Phi) is 16.1. The van der Waals surface area contributed by atoms with E-state index in [0.29, 0.717) is 6.61 Å². The van der Waals surface area contributed by atoms with Crippen LogP contribution >= 0.6 is 0 Å². The maximum Gasteiger partial charge on any atom is 0.327 e. The van der Waals surface area contributed by atoms with Crippen molar-refractivity contribution in [3.63, 3.8) is 0 Å². The lowest BCUT2D eigenvalue weighted by Gasteiger charge is -1.99. The van der Waals surface area contributed by atoms with Gasteiger partial charge in [0.15, 0.2) is 0 Å². The van der Waals surface area contributed by atoms with Crippen molar-refractivity contribution in [1.29, 1.82) is 0 Å². The molecule has 0 radical (unpaired) electrons. The molecule has 0 saturated carbocycles. The molecular weight excluding hydrogens is 248 g/mol. The number of hydrogen-bond acceptors (Lipinski definition) is 4. The average Bonchev–Trinajstić information content (AvgIpc) is 2.47. The predicted octanol–water partition coefficient (Wildman–Crippen LogP) is 1.48. The minimum atomic E-state index is -0.981. The zero-order valence-electron chi connectivity index (χ0n) is 10.7. The highest BCUT2D eigenvalue weighted by molar-refractivity contribution is 5.78. The molecular formula is C14H20O5. The lowest BCUT2D eigenvalue weighted by Crippen LogP contribution is -1.91. The third-order valence-corrected chi connectivity index (χ3v) is 1.39. The summed E-state index contributed by atoms with van der Waals surface area (Å²) in [6.45, 7) is 6.83. The van der Waals surface area contributed by atoms with Crippen LogP contribution in [0.2, 0.25) is 0 Å². The lowest BCUT2D eigenvalue weighted by molar-refractivity contribution is -0.131. The summed E-state index contributed by atoms with van der Waals surface area (Å²) in [5.74, 6) is -0.0904. The van der Waals surface area contributed by atoms with E-state index in [1.54, 1.807) is 6.08 Å². The zero-order valence-corrected chi connectivity index (χ0v) is 10.7. The number of benzene rings is 1. The third-order valence-electron chi connectivity index (χ3n) is 1.39. The van der Waals surface area contributed by atoms with E-state index in [4.69, 9.17) is 20.1 Å². The number of carbonyl (C=O) groups is 1. The number of hydrogen-bond donors (Lipinski definition) is 3. The van der Waals surface area contributed by atoms with Gasteiger partial charge in [-0.05, 0) is 12.1 Å². The van der Waals surface area contributed by atoms with Gasteiger partial charge in [-0.1, -0.05) is 37.4 Å². The maximum atomic E-state index is 9.25. The van der Waals surface area contributed by atoms with E-state index in [9.17, 15) is 4.79 Å². The van der Waals surface area contributed by atoms with E-state index in [1.165, 1.54) is 0 Å². The molecule has 1 aromatic carbocycles. The van der Waals surface area contributed by atoms with Crippen molar-refractivity contribution in [1.82, 2.24) is 0 Å². The number of carboxylic acids is 1. The van der Waals surface area contributed by atoms with Gasteiger partial charge in [0.2, 0.25) is 0 Å². The van der Waals surface area contributed by atoms with Crippen LogP contribution < -0.4 is 4.74 Å². The SMILES string of the molecule is C=CC(=O)O.C=CCOc1ccccc1.OCCO. The highest BCUT2D eigenvalue weighted by Gasteiger charge is 1.84. The average molecular weight is 268 g/mol. The summed E-state index contributed by atoms with van der Waals surface area (Å²) in [7, 11) is 0. The molecule has 0 bridgehead atoms. The summed E-state index contributed by atoms with van der Waals surface area (Å²) in [6, 6.07) is 9.69. The van der Waals surface area contributed by atoms with E-state index in [0.717, 1.165) is 11.8 Å². The van der Waals surface area contributed by atoms with E-state index in [2.05, 4.69) is 13.2 Å². The van der Waals surface area contributed by atoms with Gasteiger partial charge >= 0.3 is 5.97 Å². The molecule has 0 atom stereocenters. The minimum Gasteiger partial charge on any atom is -0.490 e. The van der Waals surface area contributed by atoms with Crippen LogP contribution in [0, 0.1) is 0 Å². The van der Waals surface area contributed by atoms with Crippen molar-refractivity contribution in [2.45, 2.75) is 0 Å². The summed E-state index contributed by atoms with van der Waals surface area (Å²) in [6.07, 6.45) is 2.56. The quantitative estimate of drug-likeness (QED) is 0.556. The molecule has 0 fully saturated rings. The Hall–Kier alpha value is -2.11. The second-order valence-electron chi connectivity index (χ2n) is 2.90. The van der Waals surface area contributed by atoms with Gasteiger partial charge in [0.1, 0.15) is 12.4 Å². The summed E-state index contributed by atoms with van der Waals surface area (Å²) >= 11 is 0. The normalized spacial score (nSPS) is 7.89. The number of ether oxygens (including phenoxy) is 1. The molecule has 5 heteroatoms. The summed E-state index contributed by atoms with van der Waals surface area (Å²) in [5, 5.41) is 22.9. The van der Waals surface area contributed by atoms with Crippen molar-refractivity contribution < 1.29 is 24.9 Å². The Labute approximate surface area is 113 Å². The van der Waals surface area contributed by atoms with Crippen LogP contribution in [0.4, 0.5) is 0 Å². The van der Waals surface area contributed by atoms with Gasteiger partial charge < -0.3 is 20.1 Å². The predicted molar refractivity (Wildman–Crippen MR) is 74.1 cm³/mol. The summed E-state index contributed by atoms with van der Waals surface area (Å²) in [4.78, 5) is 9.25. The van der Waals surface area contributed by atoms with Crippen LogP contribution in [0.1, 0.15) is 0 Å². The molecule has 0 aliphatic rings. The highest BCUT2D eigenvalue weighted by Crippen LogP contribution is 2.07. The molecule has 5 nitrogen and oxygen atoms in total. The fourth-order valence-corrected chi connectivity index (χ4v) is 0.672. The fourth-order valence-electron chi connectivity index (χ4n) is 0.672. The van der Waals surface area contributed by atoms with Gasteiger partial charge in [-0.3, -0.25) is 0 Å². The van der Waals surface area contributed by atoms with E-state index < -0.39 is 5.97 Å². The van der Waals surface area contributed by atoms with Gasteiger partial charge in [0, 0.05) is 6.08 Å².